The van der Waals surface area contributed by atoms with Crippen molar-refractivity contribution in [2.45, 2.75) is 33.6 Å². The molecule has 2 heterocycles. The van der Waals surface area contributed by atoms with Crippen molar-refractivity contribution in [1.82, 2.24) is 4.98 Å². The highest BCUT2D eigenvalue weighted by Gasteiger charge is 2.13. The van der Waals surface area contributed by atoms with E-state index in [1.165, 1.54) is 17.8 Å². The van der Waals surface area contributed by atoms with Crippen LogP contribution in [0.4, 0.5) is 5.69 Å². The average Bonchev–Trinajstić information content (AvgIpc) is 2.21. The first-order valence-corrected chi connectivity index (χ1v) is 5.45. The molecule has 2 heteroatoms. The first-order valence-electron chi connectivity index (χ1n) is 5.45. The second kappa shape index (κ2) is 4.99. The Balaban J connectivity index is 0.000000461. The molecule has 0 saturated carbocycles. The lowest BCUT2D eigenvalue weighted by Gasteiger charge is -2.26. The number of rotatable bonds is 0. The smallest absolute Gasteiger partial charge is 0.0640 e. The van der Waals surface area contributed by atoms with E-state index >= 15 is 0 Å². The van der Waals surface area contributed by atoms with Crippen molar-refractivity contribution in [2.75, 3.05) is 18.5 Å². The van der Waals surface area contributed by atoms with Gasteiger partial charge in [0, 0.05) is 19.3 Å². The third-order valence-corrected chi connectivity index (χ3v) is 2.41. The van der Waals surface area contributed by atoms with E-state index in [9.17, 15) is 0 Å². The van der Waals surface area contributed by atoms with Crippen molar-refractivity contribution in [2.24, 2.45) is 0 Å². The molecule has 1 aromatic rings. The minimum atomic E-state index is 1.13. The second-order valence-electron chi connectivity index (χ2n) is 3.44. The largest absolute Gasteiger partial charge is 0.373 e. The van der Waals surface area contributed by atoms with Gasteiger partial charge < -0.3 is 4.90 Å². The molecule has 0 N–H and O–H groups in total. The lowest BCUT2D eigenvalue weighted by Crippen LogP contribution is -2.25. The summed E-state index contributed by atoms with van der Waals surface area (Å²) in [6.07, 6.45) is 2.38. The van der Waals surface area contributed by atoms with Crippen LogP contribution in [0.5, 0.6) is 0 Å². The Morgan fingerprint density at radius 2 is 2.00 bits per heavy atom. The fourth-order valence-corrected chi connectivity index (χ4v) is 1.74. The first-order chi connectivity index (χ1) is 6.77. The Bertz CT molecular complexity index is 294. The van der Waals surface area contributed by atoms with Gasteiger partial charge in [-0.15, -0.1) is 0 Å². The molecule has 0 fully saturated rings. The van der Waals surface area contributed by atoms with E-state index in [1.54, 1.807) is 0 Å². The molecule has 0 saturated heterocycles. The van der Waals surface area contributed by atoms with Gasteiger partial charge in [-0.2, -0.15) is 0 Å². The van der Waals surface area contributed by atoms with Crippen molar-refractivity contribution < 1.29 is 0 Å². The van der Waals surface area contributed by atoms with Crippen LogP contribution < -0.4 is 4.90 Å². The highest BCUT2D eigenvalue weighted by atomic mass is 15.1. The number of hydrogen-bond donors (Lipinski definition) is 0. The second-order valence-corrected chi connectivity index (χ2v) is 3.44. The molecule has 0 unspecified atom stereocenters. The summed E-state index contributed by atoms with van der Waals surface area (Å²) < 4.78 is 0. The SMILES string of the molecule is CC.Cc1ccc2c(n1)CCCN2C. The van der Waals surface area contributed by atoms with Crippen LogP contribution in [0.2, 0.25) is 0 Å². The minimum Gasteiger partial charge on any atom is -0.373 e. The maximum atomic E-state index is 4.52. The van der Waals surface area contributed by atoms with Gasteiger partial charge in [-0.1, -0.05) is 13.8 Å². The van der Waals surface area contributed by atoms with Crippen LogP contribution in [-0.2, 0) is 6.42 Å². The maximum Gasteiger partial charge on any atom is 0.0640 e. The number of anilines is 1. The average molecular weight is 192 g/mol. The molecule has 2 rings (SSSR count). The summed E-state index contributed by atoms with van der Waals surface area (Å²) in [4.78, 5) is 6.81. The van der Waals surface area contributed by atoms with Gasteiger partial charge in [-0.05, 0) is 31.9 Å². The molecule has 78 valence electrons. The highest BCUT2D eigenvalue weighted by Crippen LogP contribution is 2.23. The highest BCUT2D eigenvalue weighted by molar-refractivity contribution is 5.52. The predicted molar refractivity (Wildman–Crippen MR) is 61.9 cm³/mol. The van der Waals surface area contributed by atoms with E-state index in [0.29, 0.717) is 0 Å². The number of nitrogens with zero attached hydrogens (tertiary/aromatic N) is 2. The molecule has 1 aromatic heterocycles. The number of pyridine rings is 1. The molecule has 0 radical (unpaired) electrons. The molecule has 14 heavy (non-hydrogen) atoms. The van der Waals surface area contributed by atoms with E-state index in [1.807, 2.05) is 13.8 Å². The monoisotopic (exact) mass is 192 g/mol. The molecule has 0 aromatic carbocycles. The summed E-state index contributed by atoms with van der Waals surface area (Å²) in [6.45, 7) is 7.21. The van der Waals surface area contributed by atoms with Crippen LogP contribution in [0.3, 0.4) is 0 Å². The third kappa shape index (κ3) is 2.25. The van der Waals surface area contributed by atoms with Crippen LogP contribution in [-0.4, -0.2) is 18.6 Å². The summed E-state index contributed by atoms with van der Waals surface area (Å²) in [5.74, 6) is 0. The van der Waals surface area contributed by atoms with E-state index in [-0.39, 0.29) is 0 Å². The van der Waals surface area contributed by atoms with Gasteiger partial charge in [0.1, 0.15) is 0 Å². The maximum absolute atomic E-state index is 4.52. The molecule has 0 bridgehead atoms. The van der Waals surface area contributed by atoms with Gasteiger partial charge in [-0.3, -0.25) is 4.98 Å². The number of fused-ring (bicyclic) bond motifs is 1. The standard InChI is InChI=1S/C10H14N2.C2H6/c1-8-5-6-10-9(11-8)4-3-7-12(10)2;1-2/h5-6H,3-4,7H2,1-2H3;1-2H3. The lowest BCUT2D eigenvalue weighted by molar-refractivity contribution is 0.722. The lowest BCUT2D eigenvalue weighted by atomic mass is 10.1. The Hall–Kier alpha value is -1.05. The number of aryl methyl sites for hydroxylation is 2. The summed E-state index contributed by atoms with van der Waals surface area (Å²) in [5, 5.41) is 0. The fraction of sp³-hybridized carbons (Fsp3) is 0.583. The molecular weight excluding hydrogens is 172 g/mol. The number of aromatic nitrogens is 1. The van der Waals surface area contributed by atoms with Gasteiger partial charge in [0.25, 0.3) is 0 Å². The van der Waals surface area contributed by atoms with E-state index in [4.69, 9.17) is 0 Å². The summed E-state index contributed by atoms with van der Waals surface area (Å²) >= 11 is 0. The van der Waals surface area contributed by atoms with E-state index in [0.717, 1.165) is 18.7 Å². The molecule has 1 aliphatic rings. The van der Waals surface area contributed by atoms with Gasteiger partial charge in [0.15, 0.2) is 0 Å². The molecule has 2 nitrogen and oxygen atoms in total. The van der Waals surface area contributed by atoms with Crippen LogP contribution in [0.1, 0.15) is 31.7 Å². The van der Waals surface area contributed by atoms with Crippen molar-refractivity contribution in [3.63, 3.8) is 0 Å². The van der Waals surface area contributed by atoms with Gasteiger partial charge in [0.05, 0.1) is 11.4 Å². The molecular formula is C12H20N2. The van der Waals surface area contributed by atoms with Gasteiger partial charge in [-0.25, -0.2) is 0 Å². The third-order valence-electron chi connectivity index (χ3n) is 2.41. The summed E-state index contributed by atoms with van der Waals surface area (Å²) in [7, 11) is 2.13. The Morgan fingerprint density at radius 3 is 2.71 bits per heavy atom. The molecule has 0 amide bonds. The Morgan fingerprint density at radius 1 is 1.29 bits per heavy atom. The van der Waals surface area contributed by atoms with E-state index in [2.05, 4.69) is 36.0 Å². The quantitative estimate of drug-likeness (QED) is 0.628. The summed E-state index contributed by atoms with van der Waals surface area (Å²) in [5.41, 5.74) is 3.71. The fourth-order valence-electron chi connectivity index (χ4n) is 1.74. The van der Waals surface area contributed by atoms with Gasteiger partial charge in [0.2, 0.25) is 0 Å². The normalized spacial score (nSPS) is 14.1. The zero-order valence-corrected chi connectivity index (χ0v) is 9.67. The van der Waals surface area contributed by atoms with Crippen molar-refractivity contribution in [3.8, 4) is 0 Å². The zero-order chi connectivity index (χ0) is 10.6. The molecule has 0 aliphatic carbocycles. The first kappa shape index (κ1) is 11.0. The predicted octanol–water partition coefficient (Wildman–Crippen LogP) is 2.80. The minimum absolute atomic E-state index is 1.13. The number of hydrogen-bond acceptors (Lipinski definition) is 2. The van der Waals surface area contributed by atoms with E-state index < -0.39 is 0 Å². The van der Waals surface area contributed by atoms with Crippen LogP contribution in [0.25, 0.3) is 0 Å². The zero-order valence-electron chi connectivity index (χ0n) is 9.67. The van der Waals surface area contributed by atoms with Crippen LogP contribution >= 0.6 is 0 Å². The topological polar surface area (TPSA) is 16.1 Å². The summed E-state index contributed by atoms with van der Waals surface area (Å²) in [6, 6.07) is 4.26. The van der Waals surface area contributed by atoms with Crippen molar-refractivity contribution in [1.29, 1.82) is 0 Å². The van der Waals surface area contributed by atoms with Crippen LogP contribution in [0.15, 0.2) is 12.1 Å². The van der Waals surface area contributed by atoms with Crippen molar-refractivity contribution in [3.05, 3.63) is 23.5 Å². The Labute approximate surface area is 87.0 Å². The molecule has 0 spiro atoms. The molecule has 1 aliphatic heterocycles. The van der Waals surface area contributed by atoms with Gasteiger partial charge >= 0.3 is 0 Å². The molecule has 0 atom stereocenters. The Kier molecular flexibility index (Phi) is 3.93. The van der Waals surface area contributed by atoms with Crippen molar-refractivity contribution >= 4 is 5.69 Å². The van der Waals surface area contributed by atoms with Crippen LogP contribution in [0, 0.1) is 6.92 Å².